The minimum atomic E-state index is 0.517. The number of H-pyrrole nitrogens is 1. The van der Waals surface area contributed by atoms with Crippen LogP contribution in [0.2, 0.25) is 0 Å². The molecule has 0 aliphatic heterocycles. The Balaban J connectivity index is 2.16. The average molecular weight is 290 g/mol. The predicted molar refractivity (Wildman–Crippen MR) is 87.0 cm³/mol. The summed E-state index contributed by atoms with van der Waals surface area (Å²) in [4.78, 5) is 7.23. The molecule has 0 unspecified atom stereocenters. The van der Waals surface area contributed by atoms with Crippen molar-refractivity contribution in [2.24, 2.45) is 0 Å². The van der Waals surface area contributed by atoms with Gasteiger partial charge in [-0.3, -0.25) is 4.98 Å². The molecule has 0 saturated heterocycles. The molecule has 0 radical (unpaired) electrons. The number of nitrogens with one attached hydrogen (secondary N) is 1. The fraction of sp³-hybridized carbons (Fsp3) is 0.0588. The Morgan fingerprint density at radius 2 is 2.27 bits per heavy atom. The number of pyridine rings is 1. The maximum atomic E-state index is 9.53. The number of nitrogens with two attached hydrogens (primary N) is 1. The zero-order chi connectivity index (χ0) is 15.5. The van der Waals surface area contributed by atoms with Crippen LogP contribution >= 0.6 is 0 Å². The van der Waals surface area contributed by atoms with Gasteiger partial charge in [0.25, 0.3) is 0 Å². The number of hydrogen-bond donors (Lipinski definition) is 2. The van der Waals surface area contributed by atoms with Crippen LogP contribution in [-0.2, 0) is 0 Å². The number of aromatic amines is 1. The summed E-state index contributed by atoms with van der Waals surface area (Å²) in [5, 5.41) is 10.4. The summed E-state index contributed by atoms with van der Waals surface area (Å²) in [6, 6.07) is 9.56. The highest BCUT2D eigenvalue weighted by Gasteiger charge is 2.10. The lowest BCUT2D eigenvalue weighted by Crippen LogP contribution is -1.89. The highest BCUT2D eigenvalue weighted by molar-refractivity contribution is 6.02. The van der Waals surface area contributed by atoms with E-state index in [1.807, 2.05) is 24.4 Å². The molecule has 0 spiro atoms. The maximum Gasteiger partial charge on any atom is 0.129 e. The quantitative estimate of drug-likeness (QED) is 0.572. The Morgan fingerprint density at radius 3 is 3.05 bits per heavy atom. The van der Waals surface area contributed by atoms with Gasteiger partial charge in [-0.25, -0.2) is 0 Å². The van der Waals surface area contributed by atoms with Gasteiger partial charge in [-0.2, -0.15) is 5.26 Å². The lowest BCUT2D eigenvalue weighted by atomic mass is 10.0. The first kappa shape index (κ1) is 13.7. The molecule has 0 bridgehead atoms. The van der Waals surface area contributed by atoms with Gasteiger partial charge in [0.2, 0.25) is 0 Å². The van der Waals surface area contributed by atoms with Crippen LogP contribution in [0.3, 0.4) is 0 Å². The normalized spacial score (nSPS) is 11.4. The third-order valence-electron chi connectivity index (χ3n) is 3.45. The number of anilines is 1. The minimum Gasteiger partial charge on any atom is -0.496 e. The van der Waals surface area contributed by atoms with E-state index in [0.29, 0.717) is 17.0 Å². The van der Waals surface area contributed by atoms with Crippen molar-refractivity contribution in [1.82, 2.24) is 9.97 Å². The molecule has 0 atom stereocenters. The summed E-state index contributed by atoms with van der Waals surface area (Å²) < 4.78 is 5.29. The van der Waals surface area contributed by atoms with Gasteiger partial charge < -0.3 is 15.5 Å². The third kappa shape index (κ3) is 2.38. The average Bonchev–Trinajstić information content (AvgIpc) is 2.95. The smallest absolute Gasteiger partial charge is 0.129 e. The van der Waals surface area contributed by atoms with E-state index in [9.17, 15) is 5.26 Å². The first-order valence-corrected chi connectivity index (χ1v) is 6.69. The first-order valence-electron chi connectivity index (χ1n) is 6.69. The number of hydrogen-bond acceptors (Lipinski definition) is 4. The van der Waals surface area contributed by atoms with Crippen molar-refractivity contribution in [3.8, 4) is 11.8 Å². The monoisotopic (exact) mass is 290 g/mol. The van der Waals surface area contributed by atoms with Crippen LogP contribution < -0.4 is 10.5 Å². The Hall–Kier alpha value is -3.26. The Kier molecular flexibility index (Phi) is 3.50. The van der Waals surface area contributed by atoms with E-state index < -0.39 is 0 Å². The molecule has 5 nitrogen and oxygen atoms in total. The zero-order valence-corrected chi connectivity index (χ0v) is 12.0. The standard InChI is InChI=1S/C17H14N4O/c1-22-17-4-5-20-9-12(17)6-11(8-18)15-10-21-16-3-2-13(19)7-14(15)16/h2-7,9-10,21H,19H2,1H3/b11-6+. The number of nitrogen functional groups attached to an aromatic ring is 1. The second kappa shape index (κ2) is 5.62. The van der Waals surface area contributed by atoms with Gasteiger partial charge in [-0.05, 0) is 30.3 Å². The van der Waals surface area contributed by atoms with Crippen molar-refractivity contribution in [2.75, 3.05) is 12.8 Å². The molecule has 108 valence electrons. The summed E-state index contributed by atoms with van der Waals surface area (Å²) in [5.74, 6) is 0.669. The molecule has 3 rings (SSSR count). The fourth-order valence-electron chi connectivity index (χ4n) is 2.38. The summed E-state index contributed by atoms with van der Waals surface area (Å²) in [6.45, 7) is 0. The first-order chi connectivity index (χ1) is 10.7. The highest BCUT2D eigenvalue weighted by Crippen LogP contribution is 2.29. The van der Waals surface area contributed by atoms with E-state index >= 15 is 0 Å². The van der Waals surface area contributed by atoms with Crippen molar-refractivity contribution in [3.63, 3.8) is 0 Å². The van der Waals surface area contributed by atoms with Crippen molar-refractivity contribution in [2.45, 2.75) is 0 Å². The van der Waals surface area contributed by atoms with E-state index in [1.54, 1.807) is 31.6 Å². The minimum absolute atomic E-state index is 0.517. The SMILES string of the molecule is COc1ccncc1/C=C(\C#N)c1c[nH]c2ccc(N)cc12. The lowest BCUT2D eigenvalue weighted by molar-refractivity contribution is 0.413. The molecule has 3 aromatic rings. The van der Waals surface area contributed by atoms with E-state index in [1.165, 1.54) is 0 Å². The van der Waals surface area contributed by atoms with Crippen molar-refractivity contribution < 1.29 is 4.74 Å². The Bertz CT molecular complexity index is 902. The number of nitriles is 1. The largest absolute Gasteiger partial charge is 0.496 e. The van der Waals surface area contributed by atoms with Crippen LogP contribution in [0.25, 0.3) is 22.6 Å². The number of ether oxygens (including phenoxy) is 1. The summed E-state index contributed by atoms with van der Waals surface area (Å²) in [7, 11) is 1.59. The third-order valence-corrected chi connectivity index (χ3v) is 3.45. The Labute approximate surface area is 127 Å². The number of allylic oxidation sites excluding steroid dienone is 1. The molecule has 0 amide bonds. The van der Waals surface area contributed by atoms with Crippen molar-refractivity contribution >= 4 is 28.2 Å². The number of methoxy groups -OCH3 is 1. The fourth-order valence-corrected chi connectivity index (χ4v) is 2.38. The topological polar surface area (TPSA) is 87.7 Å². The number of aromatic nitrogens is 2. The zero-order valence-electron chi connectivity index (χ0n) is 12.0. The Morgan fingerprint density at radius 1 is 1.41 bits per heavy atom. The molecule has 0 saturated carbocycles. The second-order valence-corrected chi connectivity index (χ2v) is 4.79. The molecule has 2 heterocycles. The summed E-state index contributed by atoms with van der Waals surface area (Å²) in [5.41, 5.74) is 9.50. The van der Waals surface area contributed by atoms with Gasteiger partial charge in [-0.1, -0.05) is 0 Å². The van der Waals surface area contributed by atoms with Crippen LogP contribution in [0.5, 0.6) is 5.75 Å². The van der Waals surface area contributed by atoms with E-state index in [4.69, 9.17) is 10.5 Å². The van der Waals surface area contributed by atoms with E-state index in [0.717, 1.165) is 22.0 Å². The molecule has 0 aliphatic rings. The lowest BCUT2D eigenvalue weighted by Gasteiger charge is -2.04. The second-order valence-electron chi connectivity index (χ2n) is 4.79. The van der Waals surface area contributed by atoms with Gasteiger partial charge in [-0.15, -0.1) is 0 Å². The van der Waals surface area contributed by atoms with Crippen LogP contribution in [0.1, 0.15) is 11.1 Å². The van der Waals surface area contributed by atoms with Gasteiger partial charge >= 0.3 is 0 Å². The molecule has 0 fully saturated rings. The van der Waals surface area contributed by atoms with Gasteiger partial charge in [0.05, 0.1) is 18.8 Å². The predicted octanol–water partition coefficient (Wildman–Crippen LogP) is 3.22. The van der Waals surface area contributed by atoms with E-state index in [2.05, 4.69) is 16.0 Å². The molecule has 3 N–H and O–H groups in total. The van der Waals surface area contributed by atoms with Crippen molar-refractivity contribution in [3.05, 3.63) is 54.0 Å². The van der Waals surface area contributed by atoms with Crippen molar-refractivity contribution in [1.29, 1.82) is 5.26 Å². The number of benzene rings is 1. The molecule has 2 aromatic heterocycles. The molecule has 1 aromatic carbocycles. The van der Waals surface area contributed by atoms with Crippen LogP contribution in [-0.4, -0.2) is 17.1 Å². The molecule has 0 aliphatic carbocycles. The maximum absolute atomic E-state index is 9.53. The highest BCUT2D eigenvalue weighted by atomic mass is 16.5. The van der Waals surface area contributed by atoms with Crippen LogP contribution in [0.4, 0.5) is 5.69 Å². The van der Waals surface area contributed by atoms with Gasteiger partial charge in [0.15, 0.2) is 0 Å². The van der Waals surface area contributed by atoms with Crippen LogP contribution in [0.15, 0.2) is 42.9 Å². The number of fused-ring (bicyclic) bond motifs is 1. The van der Waals surface area contributed by atoms with Gasteiger partial charge in [0, 0.05) is 46.3 Å². The molecule has 5 heteroatoms. The van der Waals surface area contributed by atoms with E-state index in [-0.39, 0.29) is 0 Å². The summed E-state index contributed by atoms with van der Waals surface area (Å²) in [6.07, 6.45) is 6.88. The van der Waals surface area contributed by atoms with Gasteiger partial charge in [0.1, 0.15) is 5.75 Å². The number of nitrogens with zero attached hydrogens (tertiary/aromatic N) is 2. The molecule has 22 heavy (non-hydrogen) atoms. The number of rotatable bonds is 3. The molecular formula is C17H14N4O. The van der Waals surface area contributed by atoms with Crippen LogP contribution in [0, 0.1) is 11.3 Å². The summed E-state index contributed by atoms with van der Waals surface area (Å²) >= 11 is 0. The molecular weight excluding hydrogens is 276 g/mol.